The number of thioether (sulfide) groups is 1. The van der Waals surface area contributed by atoms with Gasteiger partial charge in [-0.25, -0.2) is 0 Å². The quantitative estimate of drug-likeness (QED) is 0.527. The van der Waals surface area contributed by atoms with E-state index >= 15 is 0 Å². The van der Waals surface area contributed by atoms with Crippen LogP contribution in [0.15, 0.2) is 48.4 Å². The minimum Gasteiger partial charge on any atom is -0.346 e. The summed E-state index contributed by atoms with van der Waals surface area (Å²) in [5.74, 6) is -0.333. The van der Waals surface area contributed by atoms with Crippen LogP contribution in [0.5, 0.6) is 0 Å². The Labute approximate surface area is 150 Å². The second-order valence-corrected chi connectivity index (χ2v) is 6.12. The van der Waals surface area contributed by atoms with Crippen LogP contribution in [0.2, 0.25) is 0 Å². The Balaban J connectivity index is 1.76. The van der Waals surface area contributed by atoms with Crippen LogP contribution in [0, 0.1) is 0 Å². The molecular formula is C17H21N5O2S. The van der Waals surface area contributed by atoms with E-state index in [9.17, 15) is 9.59 Å². The highest BCUT2D eigenvalue weighted by Crippen LogP contribution is 2.15. The van der Waals surface area contributed by atoms with Gasteiger partial charge in [0.1, 0.15) is 6.33 Å². The molecule has 0 radical (unpaired) electrons. The van der Waals surface area contributed by atoms with Crippen LogP contribution in [-0.4, -0.2) is 38.9 Å². The fourth-order valence-electron chi connectivity index (χ4n) is 2.13. The SMILES string of the molecule is C=CCn1cnnc1SCC(=O)NCC(=O)Nc1ccccc1CC. The fourth-order valence-corrected chi connectivity index (χ4v) is 2.88. The van der Waals surface area contributed by atoms with E-state index in [2.05, 4.69) is 27.4 Å². The molecule has 8 heteroatoms. The highest BCUT2D eigenvalue weighted by Gasteiger charge is 2.10. The molecule has 1 aromatic carbocycles. The van der Waals surface area contributed by atoms with Crippen LogP contribution in [0.3, 0.4) is 0 Å². The predicted molar refractivity (Wildman–Crippen MR) is 98.4 cm³/mol. The number of hydrogen-bond donors (Lipinski definition) is 2. The molecule has 0 saturated heterocycles. The van der Waals surface area contributed by atoms with E-state index in [1.54, 1.807) is 17.0 Å². The second kappa shape index (κ2) is 9.63. The van der Waals surface area contributed by atoms with E-state index < -0.39 is 0 Å². The van der Waals surface area contributed by atoms with E-state index in [0.29, 0.717) is 11.7 Å². The van der Waals surface area contributed by atoms with Gasteiger partial charge in [-0.3, -0.25) is 9.59 Å². The maximum Gasteiger partial charge on any atom is 0.243 e. The van der Waals surface area contributed by atoms with Gasteiger partial charge in [0.05, 0.1) is 12.3 Å². The first-order chi connectivity index (χ1) is 12.1. The summed E-state index contributed by atoms with van der Waals surface area (Å²) in [5.41, 5.74) is 1.83. The van der Waals surface area contributed by atoms with E-state index in [4.69, 9.17) is 0 Å². The van der Waals surface area contributed by atoms with Gasteiger partial charge in [-0.1, -0.05) is 43.0 Å². The Hall–Kier alpha value is -2.61. The summed E-state index contributed by atoms with van der Waals surface area (Å²) in [6, 6.07) is 7.60. The number of anilines is 1. The Morgan fingerprint density at radius 3 is 2.88 bits per heavy atom. The standard InChI is InChI=1S/C17H21N5O2S/c1-3-9-22-12-19-21-17(22)25-11-16(24)18-10-15(23)20-14-8-6-5-7-13(14)4-2/h3,5-8,12H,1,4,9-11H2,2H3,(H,18,24)(H,20,23). The van der Waals surface area contributed by atoms with Crippen molar-refractivity contribution in [3.05, 3.63) is 48.8 Å². The van der Waals surface area contributed by atoms with Gasteiger partial charge in [-0.2, -0.15) is 0 Å². The molecule has 25 heavy (non-hydrogen) atoms. The van der Waals surface area contributed by atoms with Crippen molar-refractivity contribution in [3.63, 3.8) is 0 Å². The Morgan fingerprint density at radius 1 is 1.32 bits per heavy atom. The summed E-state index contributed by atoms with van der Waals surface area (Å²) in [6.45, 7) is 6.19. The van der Waals surface area contributed by atoms with Crippen molar-refractivity contribution in [2.75, 3.05) is 17.6 Å². The third-order valence-electron chi connectivity index (χ3n) is 3.36. The Morgan fingerprint density at radius 2 is 2.12 bits per heavy atom. The molecule has 2 rings (SSSR count). The highest BCUT2D eigenvalue weighted by molar-refractivity contribution is 7.99. The Kier molecular flexibility index (Phi) is 7.21. The number of amides is 2. The van der Waals surface area contributed by atoms with E-state index in [-0.39, 0.29) is 24.1 Å². The van der Waals surface area contributed by atoms with Crippen LogP contribution in [0.1, 0.15) is 12.5 Å². The third kappa shape index (κ3) is 5.75. The number of hydrogen-bond acceptors (Lipinski definition) is 5. The average molecular weight is 359 g/mol. The lowest BCUT2D eigenvalue weighted by Crippen LogP contribution is -2.34. The van der Waals surface area contributed by atoms with Crippen molar-refractivity contribution < 1.29 is 9.59 Å². The molecule has 0 unspecified atom stereocenters. The normalized spacial score (nSPS) is 10.3. The summed E-state index contributed by atoms with van der Waals surface area (Å²) < 4.78 is 1.79. The fraction of sp³-hybridized carbons (Fsp3) is 0.294. The summed E-state index contributed by atoms with van der Waals surface area (Å²) >= 11 is 1.26. The smallest absolute Gasteiger partial charge is 0.243 e. The van der Waals surface area contributed by atoms with E-state index in [0.717, 1.165) is 17.7 Å². The number of aromatic nitrogens is 3. The molecule has 1 heterocycles. The van der Waals surface area contributed by atoms with Crippen LogP contribution < -0.4 is 10.6 Å². The molecule has 7 nitrogen and oxygen atoms in total. The number of para-hydroxylation sites is 1. The number of nitrogens with one attached hydrogen (secondary N) is 2. The molecule has 2 aromatic rings. The third-order valence-corrected chi connectivity index (χ3v) is 4.34. The number of carbonyl (C=O) groups is 2. The molecule has 0 spiro atoms. The number of carbonyl (C=O) groups excluding carboxylic acids is 2. The van der Waals surface area contributed by atoms with Crippen LogP contribution >= 0.6 is 11.8 Å². The lowest BCUT2D eigenvalue weighted by atomic mass is 10.1. The molecule has 0 fully saturated rings. The molecule has 0 aliphatic carbocycles. The molecule has 0 saturated carbocycles. The van der Waals surface area contributed by atoms with Crippen molar-refractivity contribution in [3.8, 4) is 0 Å². The molecule has 2 amide bonds. The van der Waals surface area contributed by atoms with Crippen molar-refractivity contribution in [1.82, 2.24) is 20.1 Å². The predicted octanol–water partition coefficient (Wildman–Crippen LogP) is 1.87. The monoisotopic (exact) mass is 359 g/mol. The minimum atomic E-state index is -0.255. The molecule has 0 aliphatic rings. The first-order valence-corrected chi connectivity index (χ1v) is 8.88. The number of nitrogens with zero attached hydrogens (tertiary/aromatic N) is 3. The molecule has 0 atom stereocenters. The zero-order valence-corrected chi connectivity index (χ0v) is 14.9. The van der Waals surface area contributed by atoms with Crippen molar-refractivity contribution in [2.45, 2.75) is 25.0 Å². The van der Waals surface area contributed by atoms with Crippen molar-refractivity contribution in [1.29, 1.82) is 0 Å². The summed E-state index contributed by atoms with van der Waals surface area (Å²) in [4.78, 5) is 23.9. The molecule has 2 N–H and O–H groups in total. The van der Waals surface area contributed by atoms with Crippen LogP contribution in [-0.2, 0) is 22.6 Å². The van der Waals surface area contributed by atoms with Gasteiger partial charge >= 0.3 is 0 Å². The number of allylic oxidation sites excluding steroid dienone is 1. The van der Waals surface area contributed by atoms with Gasteiger partial charge in [0.15, 0.2) is 5.16 Å². The number of benzene rings is 1. The van der Waals surface area contributed by atoms with Gasteiger partial charge < -0.3 is 15.2 Å². The first-order valence-electron chi connectivity index (χ1n) is 7.90. The summed E-state index contributed by atoms with van der Waals surface area (Å²) in [5, 5.41) is 13.8. The zero-order valence-electron chi connectivity index (χ0n) is 14.1. The van der Waals surface area contributed by atoms with Crippen molar-refractivity contribution >= 4 is 29.3 Å². The second-order valence-electron chi connectivity index (χ2n) is 5.18. The molecular weight excluding hydrogens is 338 g/mol. The Bertz CT molecular complexity index is 744. The number of aryl methyl sites for hydroxylation is 1. The summed E-state index contributed by atoms with van der Waals surface area (Å²) in [6.07, 6.45) is 4.14. The minimum absolute atomic E-state index is 0.0726. The van der Waals surface area contributed by atoms with E-state index in [1.165, 1.54) is 11.8 Å². The van der Waals surface area contributed by atoms with Crippen LogP contribution in [0.4, 0.5) is 5.69 Å². The highest BCUT2D eigenvalue weighted by atomic mass is 32.2. The van der Waals surface area contributed by atoms with Crippen LogP contribution in [0.25, 0.3) is 0 Å². The van der Waals surface area contributed by atoms with Gasteiger partial charge in [-0.05, 0) is 18.1 Å². The van der Waals surface area contributed by atoms with Gasteiger partial charge in [0.2, 0.25) is 11.8 Å². The zero-order chi connectivity index (χ0) is 18.1. The average Bonchev–Trinajstić information content (AvgIpc) is 3.06. The topological polar surface area (TPSA) is 88.9 Å². The van der Waals surface area contributed by atoms with Gasteiger partial charge in [0, 0.05) is 12.2 Å². The maximum atomic E-state index is 12.0. The van der Waals surface area contributed by atoms with Gasteiger partial charge in [0.25, 0.3) is 0 Å². The molecule has 132 valence electrons. The van der Waals surface area contributed by atoms with E-state index in [1.807, 2.05) is 31.2 Å². The largest absolute Gasteiger partial charge is 0.346 e. The summed E-state index contributed by atoms with van der Waals surface area (Å²) in [7, 11) is 0. The molecule has 1 aromatic heterocycles. The van der Waals surface area contributed by atoms with Gasteiger partial charge in [-0.15, -0.1) is 16.8 Å². The maximum absolute atomic E-state index is 12.0. The number of rotatable bonds is 9. The van der Waals surface area contributed by atoms with Crippen molar-refractivity contribution in [2.24, 2.45) is 0 Å². The lowest BCUT2D eigenvalue weighted by molar-refractivity contribution is -0.122. The first kappa shape index (κ1) is 18.7. The molecule has 0 bridgehead atoms. The lowest BCUT2D eigenvalue weighted by Gasteiger charge is -2.10. The molecule has 0 aliphatic heterocycles.